The molecule has 0 aliphatic rings. The minimum absolute atomic E-state index is 0.0437. The SMILES string of the molecule is CCCCOCCOCc1cc(C(C)=O)ccc1OCC. The lowest BCUT2D eigenvalue weighted by atomic mass is 10.1. The highest BCUT2D eigenvalue weighted by Gasteiger charge is 2.08. The normalized spacial score (nSPS) is 10.6. The molecule has 0 heterocycles. The van der Waals surface area contributed by atoms with E-state index >= 15 is 0 Å². The van der Waals surface area contributed by atoms with Crippen LogP contribution in [0.5, 0.6) is 5.75 Å². The first kappa shape index (κ1) is 17.7. The van der Waals surface area contributed by atoms with Crippen LogP contribution in [0, 0.1) is 0 Å². The van der Waals surface area contributed by atoms with Crippen molar-refractivity contribution in [2.75, 3.05) is 26.4 Å². The number of Topliss-reactive ketones (excluding diaryl/α,β-unsaturated/α-hetero) is 1. The van der Waals surface area contributed by atoms with Crippen LogP contribution in [0.15, 0.2) is 18.2 Å². The number of hydrogen-bond acceptors (Lipinski definition) is 4. The summed E-state index contributed by atoms with van der Waals surface area (Å²) in [5.41, 5.74) is 1.58. The van der Waals surface area contributed by atoms with Crippen molar-refractivity contribution in [1.82, 2.24) is 0 Å². The number of ether oxygens (including phenoxy) is 3. The molecule has 0 unspecified atom stereocenters. The monoisotopic (exact) mass is 294 g/mol. The quantitative estimate of drug-likeness (QED) is 0.462. The number of ketones is 1. The Kier molecular flexibility index (Phi) is 8.71. The van der Waals surface area contributed by atoms with Crippen LogP contribution >= 0.6 is 0 Å². The lowest BCUT2D eigenvalue weighted by molar-refractivity contribution is 0.0389. The Balaban J connectivity index is 2.47. The Hall–Kier alpha value is -1.39. The zero-order valence-corrected chi connectivity index (χ0v) is 13.3. The minimum atomic E-state index is 0.0437. The number of carbonyl (C=O) groups is 1. The fourth-order valence-electron chi connectivity index (χ4n) is 1.86. The average molecular weight is 294 g/mol. The summed E-state index contributed by atoms with van der Waals surface area (Å²) in [7, 11) is 0. The molecule has 4 nitrogen and oxygen atoms in total. The molecule has 0 amide bonds. The van der Waals surface area contributed by atoms with Crippen LogP contribution in [-0.2, 0) is 16.1 Å². The van der Waals surface area contributed by atoms with E-state index < -0.39 is 0 Å². The van der Waals surface area contributed by atoms with E-state index in [2.05, 4.69) is 6.92 Å². The van der Waals surface area contributed by atoms with E-state index in [1.165, 1.54) is 0 Å². The summed E-state index contributed by atoms with van der Waals surface area (Å²) in [6.07, 6.45) is 2.21. The molecule has 0 aliphatic carbocycles. The Bertz CT molecular complexity index is 429. The number of rotatable bonds is 11. The van der Waals surface area contributed by atoms with Gasteiger partial charge in [0.15, 0.2) is 5.78 Å². The lowest BCUT2D eigenvalue weighted by Gasteiger charge is -2.12. The number of unbranched alkanes of at least 4 members (excludes halogenated alkanes) is 1. The van der Waals surface area contributed by atoms with Gasteiger partial charge < -0.3 is 14.2 Å². The van der Waals surface area contributed by atoms with Gasteiger partial charge in [-0.2, -0.15) is 0 Å². The van der Waals surface area contributed by atoms with Gasteiger partial charge in [-0.3, -0.25) is 4.79 Å². The van der Waals surface area contributed by atoms with Crippen LogP contribution in [-0.4, -0.2) is 32.2 Å². The highest BCUT2D eigenvalue weighted by Crippen LogP contribution is 2.21. The topological polar surface area (TPSA) is 44.8 Å². The van der Waals surface area contributed by atoms with Gasteiger partial charge in [0.25, 0.3) is 0 Å². The average Bonchev–Trinajstić information content (AvgIpc) is 2.47. The van der Waals surface area contributed by atoms with Gasteiger partial charge in [0, 0.05) is 17.7 Å². The molecule has 0 aromatic heterocycles. The molecule has 0 fully saturated rings. The fraction of sp³-hybridized carbons (Fsp3) is 0.588. The van der Waals surface area contributed by atoms with Crippen LogP contribution in [0.2, 0.25) is 0 Å². The summed E-state index contributed by atoms with van der Waals surface area (Å²) >= 11 is 0. The maximum atomic E-state index is 11.4. The van der Waals surface area contributed by atoms with Gasteiger partial charge in [-0.15, -0.1) is 0 Å². The third kappa shape index (κ3) is 6.74. The van der Waals surface area contributed by atoms with Crippen molar-refractivity contribution in [2.45, 2.75) is 40.2 Å². The maximum Gasteiger partial charge on any atom is 0.159 e. The largest absolute Gasteiger partial charge is 0.494 e. The van der Waals surface area contributed by atoms with Crippen molar-refractivity contribution >= 4 is 5.78 Å². The van der Waals surface area contributed by atoms with Crippen molar-refractivity contribution in [3.63, 3.8) is 0 Å². The Morgan fingerprint density at radius 1 is 1.10 bits per heavy atom. The molecule has 0 N–H and O–H groups in total. The fourth-order valence-corrected chi connectivity index (χ4v) is 1.86. The molecule has 21 heavy (non-hydrogen) atoms. The Morgan fingerprint density at radius 3 is 2.52 bits per heavy atom. The molecule has 0 atom stereocenters. The molecule has 1 aromatic rings. The smallest absolute Gasteiger partial charge is 0.159 e. The second kappa shape index (κ2) is 10.4. The second-order valence-corrected chi connectivity index (χ2v) is 4.83. The van der Waals surface area contributed by atoms with Crippen molar-refractivity contribution in [2.24, 2.45) is 0 Å². The Labute approximate surface area is 127 Å². The van der Waals surface area contributed by atoms with Crippen molar-refractivity contribution in [3.8, 4) is 5.75 Å². The number of carbonyl (C=O) groups excluding carboxylic acids is 1. The zero-order valence-electron chi connectivity index (χ0n) is 13.3. The lowest BCUT2D eigenvalue weighted by Crippen LogP contribution is -2.07. The third-order valence-corrected chi connectivity index (χ3v) is 3.04. The van der Waals surface area contributed by atoms with Gasteiger partial charge >= 0.3 is 0 Å². The van der Waals surface area contributed by atoms with Gasteiger partial charge in [-0.1, -0.05) is 13.3 Å². The summed E-state index contributed by atoms with van der Waals surface area (Å²) in [5.74, 6) is 0.816. The van der Waals surface area contributed by atoms with Crippen LogP contribution in [0.3, 0.4) is 0 Å². The van der Waals surface area contributed by atoms with Crippen LogP contribution in [0.4, 0.5) is 0 Å². The molecular formula is C17H26O4. The molecule has 4 heteroatoms. The highest BCUT2D eigenvalue weighted by molar-refractivity contribution is 5.94. The van der Waals surface area contributed by atoms with Gasteiger partial charge in [0.05, 0.1) is 26.4 Å². The van der Waals surface area contributed by atoms with Crippen LogP contribution in [0.1, 0.15) is 49.5 Å². The van der Waals surface area contributed by atoms with E-state index in [4.69, 9.17) is 14.2 Å². The first-order chi connectivity index (χ1) is 10.2. The molecule has 1 rings (SSSR count). The van der Waals surface area contributed by atoms with E-state index in [9.17, 15) is 4.79 Å². The molecular weight excluding hydrogens is 268 g/mol. The summed E-state index contributed by atoms with van der Waals surface area (Å²) in [4.78, 5) is 11.4. The van der Waals surface area contributed by atoms with E-state index in [1.807, 2.05) is 19.1 Å². The molecule has 0 radical (unpaired) electrons. The van der Waals surface area contributed by atoms with Crippen LogP contribution < -0.4 is 4.74 Å². The van der Waals surface area contributed by atoms with Crippen molar-refractivity contribution in [3.05, 3.63) is 29.3 Å². The number of benzene rings is 1. The van der Waals surface area contributed by atoms with Crippen LogP contribution in [0.25, 0.3) is 0 Å². The zero-order chi connectivity index (χ0) is 15.5. The molecule has 0 saturated carbocycles. The maximum absolute atomic E-state index is 11.4. The summed E-state index contributed by atoms with van der Waals surface area (Å²) < 4.78 is 16.6. The van der Waals surface area contributed by atoms with E-state index in [0.717, 1.165) is 30.8 Å². The summed E-state index contributed by atoms with van der Waals surface area (Å²) in [5, 5.41) is 0. The minimum Gasteiger partial charge on any atom is -0.494 e. The van der Waals surface area contributed by atoms with Crippen molar-refractivity contribution < 1.29 is 19.0 Å². The van der Waals surface area contributed by atoms with E-state index in [0.29, 0.717) is 32.0 Å². The second-order valence-electron chi connectivity index (χ2n) is 4.83. The van der Waals surface area contributed by atoms with Gasteiger partial charge in [-0.05, 0) is 38.5 Å². The van der Waals surface area contributed by atoms with E-state index in [-0.39, 0.29) is 5.78 Å². The molecule has 0 spiro atoms. The molecule has 0 bridgehead atoms. The molecule has 118 valence electrons. The third-order valence-electron chi connectivity index (χ3n) is 3.04. The summed E-state index contributed by atoms with van der Waals surface area (Å²) in [6, 6.07) is 5.45. The van der Waals surface area contributed by atoms with Gasteiger partial charge in [-0.25, -0.2) is 0 Å². The summed E-state index contributed by atoms with van der Waals surface area (Å²) in [6.45, 7) is 8.56. The predicted octanol–water partition coefficient (Wildman–Crippen LogP) is 3.62. The number of hydrogen-bond donors (Lipinski definition) is 0. The van der Waals surface area contributed by atoms with Gasteiger partial charge in [0.1, 0.15) is 5.75 Å². The highest BCUT2D eigenvalue weighted by atomic mass is 16.5. The van der Waals surface area contributed by atoms with Crippen molar-refractivity contribution in [1.29, 1.82) is 0 Å². The molecule has 0 saturated heterocycles. The van der Waals surface area contributed by atoms with E-state index in [1.54, 1.807) is 13.0 Å². The van der Waals surface area contributed by atoms with Gasteiger partial charge in [0.2, 0.25) is 0 Å². The Morgan fingerprint density at radius 2 is 1.86 bits per heavy atom. The predicted molar refractivity (Wildman–Crippen MR) is 83.0 cm³/mol. The molecule has 0 aliphatic heterocycles. The molecule has 1 aromatic carbocycles. The standard InChI is InChI=1S/C17H26O4/c1-4-6-9-19-10-11-20-13-16-12-15(14(3)18)7-8-17(16)21-5-2/h7-8,12H,4-6,9-11,13H2,1-3H3. The first-order valence-corrected chi connectivity index (χ1v) is 7.61. The first-order valence-electron chi connectivity index (χ1n) is 7.61.